The smallest absolute Gasteiger partial charge is 0.273 e. The quantitative estimate of drug-likeness (QED) is 0.545. The second-order valence-electron chi connectivity index (χ2n) is 5.32. The van der Waals surface area contributed by atoms with Crippen molar-refractivity contribution in [3.8, 4) is 15.8 Å². The Morgan fingerprint density at radius 2 is 2.00 bits per heavy atom. The lowest BCUT2D eigenvalue weighted by Crippen LogP contribution is -2.13. The van der Waals surface area contributed by atoms with Gasteiger partial charge in [-0.2, -0.15) is 5.10 Å². The lowest BCUT2D eigenvalue weighted by molar-refractivity contribution is 0.412. The van der Waals surface area contributed by atoms with Crippen LogP contribution in [0.3, 0.4) is 0 Å². The number of hydrogen-bond acceptors (Lipinski definition) is 7. The van der Waals surface area contributed by atoms with Crippen molar-refractivity contribution in [2.75, 3.05) is 11.8 Å². The van der Waals surface area contributed by atoms with Gasteiger partial charge in [-0.1, -0.05) is 23.5 Å². The van der Waals surface area contributed by atoms with E-state index >= 15 is 0 Å². The minimum atomic E-state index is -3.78. The monoisotopic (exact) mass is 387 g/mol. The Bertz CT molecular complexity index is 1170. The fourth-order valence-corrected chi connectivity index (χ4v) is 4.14. The lowest BCUT2D eigenvalue weighted by atomic mass is 10.2. The van der Waals surface area contributed by atoms with Gasteiger partial charge in [0, 0.05) is 11.6 Å². The SMILES string of the molecule is COc1ncc(-c2ccc(S(=O)(=O)Nc3cccc4cn[nH]c34)cn2)s1. The Morgan fingerprint density at radius 3 is 2.73 bits per heavy atom. The van der Waals surface area contributed by atoms with Crippen molar-refractivity contribution in [2.24, 2.45) is 0 Å². The Morgan fingerprint density at radius 1 is 1.12 bits per heavy atom. The first-order chi connectivity index (χ1) is 12.6. The van der Waals surface area contributed by atoms with Crippen molar-refractivity contribution in [3.05, 3.63) is 48.9 Å². The highest BCUT2D eigenvalue weighted by Crippen LogP contribution is 2.29. The fraction of sp³-hybridized carbons (Fsp3) is 0.0625. The molecule has 0 aliphatic heterocycles. The third kappa shape index (κ3) is 3.00. The van der Waals surface area contributed by atoms with Crippen LogP contribution in [-0.2, 0) is 10.0 Å². The van der Waals surface area contributed by atoms with E-state index in [0.29, 0.717) is 22.1 Å². The molecule has 2 N–H and O–H groups in total. The third-order valence-electron chi connectivity index (χ3n) is 3.68. The third-order valence-corrected chi connectivity index (χ3v) is 6.01. The topological polar surface area (TPSA) is 110 Å². The van der Waals surface area contributed by atoms with Crippen molar-refractivity contribution in [1.29, 1.82) is 0 Å². The highest BCUT2D eigenvalue weighted by Gasteiger charge is 2.17. The molecule has 0 aliphatic rings. The van der Waals surface area contributed by atoms with E-state index in [0.717, 1.165) is 10.3 Å². The van der Waals surface area contributed by atoms with Gasteiger partial charge in [-0.25, -0.2) is 13.4 Å². The van der Waals surface area contributed by atoms with Crippen LogP contribution in [0, 0.1) is 0 Å². The van der Waals surface area contributed by atoms with Gasteiger partial charge in [0.05, 0.1) is 41.3 Å². The van der Waals surface area contributed by atoms with Crippen molar-refractivity contribution in [1.82, 2.24) is 20.2 Å². The number of hydrogen-bond donors (Lipinski definition) is 2. The standard InChI is InChI=1S/C16H13N5O3S2/c1-24-16-18-9-14(25-16)12-6-5-11(8-17-12)26(22,23)21-13-4-2-3-10-7-19-20-15(10)13/h2-9,21H,1H3,(H,19,20). The number of aromatic amines is 1. The van der Waals surface area contributed by atoms with Crippen LogP contribution < -0.4 is 9.46 Å². The molecular weight excluding hydrogens is 374 g/mol. The number of methoxy groups -OCH3 is 1. The first kappa shape index (κ1) is 16.5. The van der Waals surface area contributed by atoms with Crippen LogP contribution in [0.25, 0.3) is 21.5 Å². The van der Waals surface area contributed by atoms with Crippen LogP contribution in [0.4, 0.5) is 5.69 Å². The van der Waals surface area contributed by atoms with E-state index in [4.69, 9.17) is 4.74 Å². The molecular formula is C16H13N5O3S2. The first-order valence-corrected chi connectivity index (χ1v) is 9.78. The van der Waals surface area contributed by atoms with Crippen LogP contribution >= 0.6 is 11.3 Å². The number of benzene rings is 1. The van der Waals surface area contributed by atoms with Gasteiger partial charge in [-0.05, 0) is 18.2 Å². The summed E-state index contributed by atoms with van der Waals surface area (Å²) in [5.41, 5.74) is 1.68. The van der Waals surface area contributed by atoms with E-state index in [1.165, 1.54) is 30.7 Å². The Labute approximate surface area is 152 Å². The summed E-state index contributed by atoms with van der Waals surface area (Å²) in [6.45, 7) is 0. The maximum atomic E-state index is 12.7. The summed E-state index contributed by atoms with van der Waals surface area (Å²) in [6, 6.07) is 8.41. The first-order valence-electron chi connectivity index (χ1n) is 7.48. The summed E-state index contributed by atoms with van der Waals surface area (Å²) in [6.07, 6.45) is 4.58. The highest BCUT2D eigenvalue weighted by atomic mass is 32.2. The molecule has 3 heterocycles. The predicted molar refractivity (Wildman–Crippen MR) is 98.8 cm³/mol. The number of aromatic nitrogens is 4. The summed E-state index contributed by atoms with van der Waals surface area (Å²) in [5.74, 6) is 0. The van der Waals surface area contributed by atoms with Gasteiger partial charge in [-0.3, -0.25) is 14.8 Å². The van der Waals surface area contributed by atoms with Crippen LogP contribution in [-0.4, -0.2) is 35.7 Å². The second kappa shape index (κ2) is 6.39. The molecule has 0 aliphatic carbocycles. The van der Waals surface area contributed by atoms with Crippen LogP contribution in [0.2, 0.25) is 0 Å². The zero-order valence-electron chi connectivity index (χ0n) is 13.5. The number of para-hydroxylation sites is 1. The molecule has 26 heavy (non-hydrogen) atoms. The molecule has 0 fully saturated rings. The van der Waals surface area contributed by atoms with E-state index in [1.54, 1.807) is 30.6 Å². The number of H-pyrrole nitrogens is 1. The van der Waals surface area contributed by atoms with Gasteiger partial charge < -0.3 is 4.74 Å². The number of nitrogens with one attached hydrogen (secondary N) is 2. The van der Waals surface area contributed by atoms with Crippen molar-refractivity contribution >= 4 is 38.0 Å². The Kier molecular flexibility index (Phi) is 4.05. The van der Waals surface area contributed by atoms with Gasteiger partial charge in [-0.15, -0.1) is 0 Å². The van der Waals surface area contributed by atoms with E-state index < -0.39 is 10.0 Å². The van der Waals surface area contributed by atoms with Crippen LogP contribution in [0.1, 0.15) is 0 Å². The number of sulfonamides is 1. The lowest BCUT2D eigenvalue weighted by Gasteiger charge is -2.09. The summed E-state index contributed by atoms with van der Waals surface area (Å²) < 4.78 is 32.9. The van der Waals surface area contributed by atoms with Crippen LogP contribution in [0.5, 0.6) is 5.19 Å². The normalized spacial score (nSPS) is 11.6. The van der Waals surface area contributed by atoms with E-state index in [-0.39, 0.29) is 4.90 Å². The van der Waals surface area contributed by atoms with Crippen LogP contribution in [0.15, 0.2) is 53.8 Å². The molecule has 0 amide bonds. The van der Waals surface area contributed by atoms with E-state index in [1.807, 2.05) is 6.07 Å². The number of thiazole rings is 1. The van der Waals surface area contributed by atoms with Crippen molar-refractivity contribution in [3.63, 3.8) is 0 Å². The predicted octanol–water partition coefficient (Wildman–Crippen LogP) is 2.89. The molecule has 0 radical (unpaired) electrons. The Hall–Kier alpha value is -2.98. The average molecular weight is 387 g/mol. The molecule has 0 saturated heterocycles. The minimum absolute atomic E-state index is 0.0641. The molecule has 0 unspecified atom stereocenters. The molecule has 4 aromatic rings. The number of pyridine rings is 1. The molecule has 8 nitrogen and oxygen atoms in total. The maximum absolute atomic E-state index is 12.7. The molecule has 0 spiro atoms. The second-order valence-corrected chi connectivity index (χ2v) is 7.99. The molecule has 0 atom stereocenters. The molecule has 4 rings (SSSR count). The minimum Gasteiger partial charge on any atom is -0.473 e. The Balaban J connectivity index is 1.62. The van der Waals surface area contributed by atoms with Gasteiger partial charge in [0.25, 0.3) is 15.2 Å². The molecule has 0 saturated carbocycles. The zero-order valence-corrected chi connectivity index (χ0v) is 15.1. The number of rotatable bonds is 5. The average Bonchev–Trinajstić information content (AvgIpc) is 3.31. The molecule has 0 bridgehead atoms. The number of fused-ring (bicyclic) bond motifs is 1. The number of ether oxygens (including phenoxy) is 1. The zero-order chi connectivity index (χ0) is 18.1. The van der Waals surface area contributed by atoms with Gasteiger partial charge in [0.1, 0.15) is 4.90 Å². The summed E-state index contributed by atoms with van der Waals surface area (Å²) in [7, 11) is -2.24. The number of anilines is 1. The molecule has 10 heteroatoms. The van der Waals surface area contributed by atoms with Gasteiger partial charge in [0.2, 0.25) is 0 Å². The van der Waals surface area contributed by atoms with Gasteiger partial charge >= 0.3 is 0 Å². The molecule has 132 valence electrons. The number of nitrogens with zero attached hydrogens (tertiary/aromatic N) is 3. The van der Waals surface area contributed by atoms with Crippen molar-refractivity contribution < 1.29 is 13.2 Å². The fourth-order valence-electron chi connectivity index (χ4n) is 2.41. The molecule has 3 aromatic heterocycles. The maximum Gasteiger partial charge on any atom is 0.273 e. The largest absolute Gasteiger partial charge is 0.473 e. The molecule has 1 aromatic carbocycles. The summed E-state index contributed by atoms with van der Waals surface area (Å²) in [5, 5.41) is 8.06. The summed E-state index contributed by atoms with van der Waals surface area (Å²) in [4.78, 5) is 9.17. The van der Waals surface area contributed by atoms with E-state index in [2.05, 4.69) is 24.9 Å². The summed E-state index contributed by atoms with van der Waals surface area (Å²) >= 11 is 1.33. The van der Waals surface area contributed by atoms with Gasteiger partial charge in [0.15, 0.2) is 0 Å². The highest BCUT2D eigenvalue weighted by molar-refractivity contribution is 7.92. The van der Waals surface area contributed by atoms with Crippen molar-refractivity contribution in [2.45, 2.75) is 4.90 Å². The van der Waals surface area contributed by atoms with E-state index in [9.17, 15) is 8.42 Å².